The molecule has 1 heterocycles. The molecule has 0 saturated carbocycles. The second kappa shape index (κ2) is 8.38. The number of thiocarbonyl (C=S) groups is 1. The third-order valence-corrected chi connectivity index (χ3v) is 5.31. The van der Waals surface area contributed by atoms with Crippen molar-refractivity contribution < 1.29 is 14.3 Å². The van der Waals surface area contributed by atoms with Gasteiger partial charge in [0.2, 0.25) is 0 Å². The molecule has 1 amide bonds. The van der Waals surface area contributed by atoms with Gasteiger partial charge >= 0.3 is 0 Å². The number of carbonyl (C=O) groups excluding carboxylic acids is 1. The van der Waals surface area contributed by atoms with Crippen LogP contribution < -0.4 is 9.47 Å². The number of ether oxygens (including phenoxy) is 2. The Hall–Kier alpha value is -2.31. The molecule has 0 radical (unpaired) electrons. The molecule has 1 fully saturated rings. The van der Waals surface area contributed by atoms with Gasteiger partial charge in [-0.05, 0) is 42.8 Å². The summed E-state index contributed by atoms with van der Waals surface area (Å²) >= 11 is 6.59. The summed E-state index contributed by atoms with van der Waals surface area (Å²) in [5.74, 6) is 1.50. The zero-order valence-corrected chi connectivity index (χ0v) is 16.2. The van der Waals surface area contributed by atoms with Crippen molar-refractivity contribution in [3.8, 4) is 11.5 Å². The Morgan fingerprint density at radius 2 is 1.96 bits per heavy atom. The van der Waals surface area contributed by atoms with Crippen LogP contribution in [-0.4, -0.2) is 28.8 Å². The summed E-state index contributed by atoms with van der Waals surface area (Å²) < 4.78 is 11.9. The molecule has 26 heavy (non-hydrogen) atoms. The van der Waals surface area contributed by atoms with Crippen LogP contribution in [0.5, 0.6) is 11.5 Å². The quantitative estimate of drug-likeness (QED) is 0.541. The molecule has 0 atom stereocenters. The van der Waals surface area contributed by atoms with Crippen molar-refractivity contribution >= 4 is 40.3 Å². The van der Waals surface area contributed by atoms with Crippen molar-refractivity contribution in [1.29, 1.82) is 0 Å². The van der Waals surface area contributed by atoms with E-state index < -0.39 is 0 Å². The Balaban J connectivity index is 1.82. The summed E-state index contributed by atoms with van der Waals surface area (Å²) in [6, 6.07) is 15.4. The van der Waals surface area contributed by atoms with Gasteiger partial charge in [-0.2, -0.15) is 0 Å². The molecule has 0 aliphatic carbocycles. The minimum absolute atomic E-state index is 0.0413. The fourth-order valence-corrected chi connectivity index (χ4v) is 3.99. The number of methoxy groups -OCH3 is 1. The molecule has 0 N–H and O–H groups in total. The Bertz CT molecular complexity index is 849. The maximum Gasteiger partial charge on any atom is 0.266 e. The first-order chi connectivity index (χ1) is 12.6. The maximum absolute atomic E-state index is 12.4. The lowest BCUT2D eigenvalue weighted by atomic mass is 10.1. The molecule has 134 valence electrons. The first-order valence-corrected chi connectivity index (χ1v) is 9.45. The minimum Gasteiger partial charge on any atom is -0.496 e. The van der Waals surface area contributed by atoms with Crippen LogP contribution in [0.25, 0.3) is 6.08 Å². The van der Waals surface area contributed by atoms with Crippen molar-refractivity contribution in [3.05, 3.63) is 64.6 Å². The van der Waals surface area contributed by atoms with E-state index in [-0.39, 0.29) is 5.91 Å². The summed E-state index contributed by atoms with van der Waals surface area (Å²) in [7, 11) is 1.63. The minimum atomic E-state index is -0.0413. The fraction of sp³-hybridized carbons (Fsp3) is 0.200. The highest BCUT2D eigenvalue weighted by molar-refractivity contribution is 8.26. The molecule has 1 aliphatic heterocycles. The number of para-hydroxylation sites is 1. The van der Waals surface area contributed by atoms with Crippen molar-refractivity contribution in [1.82, 2.24) is 4.90 Å². The maximum atomic E-state index is 12.4. The van der Waals surface area contributed by atoms with Gasteiger partial charge in [-0.1, -0.05) is 48.2 Å². The Morgan fingerprint density at radius 3 is 2.62 bits per heavy atom. The molecule has 6 heteroatoms. The molecular weight excluding hydrogens is 366 g/mol. The summed E-state index contributed by atoms with van der Waals surface area (Å²) in [6.45, 7) is 2.88. The molecule has 1 aliphatic rings. The van der Waals surface area contributed by atoms with Crippen LogP contribution in [0, 0.1) is 0 Å². The average Bonchev–Trinajstić information content (AvgIpc) is 2.93. The summed E-state index contributed by atoms with van der Waals surface area (Å²) in [5.41, 5.74) is 1.82. The fourth-order valence-electron chi connectivity index (χ4n) is 2.60. The van der Waals surface area contributed by atoms with Gasteiger partial charge in [-0.15, -0.1) is 0 Å². The Kier molecular flexibility index (Phi) is 5.96. The number of rotatable bonds is 6. The molecule has 0 aromatic heterocycles. The van der Waals surface area contributed by atoms with Gasteiger partial charge in [0.15, 0.2) is 0 Å². The summed E-state index contributed by atoms with van der Waals surface area (Å²) in [6.07, 6.45) is 1.86. The van der Waals surface area contributed by atoms with Crippen LogP contribution in [-0.2, 0) is 11.4 Å². The lowest BCUT2D eigenvalue weighted by molar-refractivity contribution is -0.121. The number of hydrogen-bond donors (Lipinski definition) is 0. The molecule has 4 nitrogen and oxygen atoms in total. The van der Waals surface area contributed by atoms with E-state index in [1.165, 1.54) is 11.8 Å². The molecule has 0 bridgehead atoms. The lowest BCUT2D eigenvalue weighted by Crippen LogP contribution is -2.27. The van der Waals surface area contributed by atoms with Gasteiger partial charge in [0, 0.05) is 12.1 Å². The third kappa shape index (κ3) is 4.08. The van der Waals surface area contributed by atoms with Gasteiger partial charge < -0.3 is 9.47 Å². The topological polar surface area (TPSA) is 38.8 Å². The monoisotopic (exact) mass is 385 g/mol. The van der Waals surface area contributed by atoms with Gasteiger partial charge in [-0.25, -0.2) is 0 Å². The van der Waals surface area contributed by atoms with E-state index in [0.29, 0.717) is 22.4 Å². The van der Waals surface area contributed by atoms with Crippen molar-refractivity contribution in [2.45, 2.75) is 13.5 Å². The summed E-state index contributed by atoms with van der Waals surface area (Å²) in [5, 5.41) is 0. The largest absolute Gasteiger partial charge is 0.496 e. The SMILES string of the molecule is CCN1C(=O)C(=Cc2ccc(OC)c(COc3ccccc3)c2)SC1=S. The number of thioether (sulfide) groups is 1. The van der Waals surface area contributed by atoms with Crippen LogP contribution in [0.2, 0.25) is 0 Å². The third-order valence-electron chi connectivity index (χ3n) is 3.93. The second-order valence-electron chi connectivity index (χ2n) is 5.60. The van der Waals surface area contributed by atoms with E-state index in [4.69, 9.17) is 21.7 Å². The van der Waals surface area contributed by atoms with E-state index in [2.05, 4.69) is 0 Å². The zero-order chi connectivity index (χ0) is 18.5. The van der Waals surface area contributed by atoms with E-state index in [1.807, 2.05) is 61.5 Å². The van der Waals surface area contributed by atoms with Crippen molar-refractivity contribution in [2.75, 3.05) is 13.7 Å². The molecule has 2 aromatic rings. The number of likely N-dealkylation sites (N-methyl/N-ethyl adjacent to an activating group) is 1. The van der Waals surface area contributed by atoms with E-state index in [0.717, 1.165) is 22.6 Å². The standard InChI is InChI=1S/C20H19NO3S2/c1-3-21-19(22)18(26-20(21)25)12-14-9-10-17(23-2)15(11-14)13-24-16-7-5-4-6-8-16/h4-12H,3,13H2,1-2H3. The van der Waals surface area contributed by atoms with Crippen molar-refractivity contribution in [3.63, 3.8) is 0 Å². The van der Waals surface area contributed by atoms with Crippen LogP contribution in [0.1, 0.15) is 18.1 Å². The van der Waals surface area contributed by atoms with E-state index in [1.54, 1.807) is 12.0 Å². The van der Waals surface area contributed by atoms with Gasteiger partial charge in [0.05, 0.1) is 12.0 Å². The van der Waals surface area contributed by atoms with Gasteiger partial charge in [0.1, 0.15) is 22.4 Å². The normalized spacial score (nSPS) is 15.6. The van der Waals surface area contributed by atoms with Crippen LogP contribution >= 0.6 is 24.0 Å². The smallest absolute Gasteiger partial charge is 0.266 e. The molecular formula is C20H19NO3S2. The summed E-state index contributed by atoms with van der Waals surface area (Å²) in [4.78, 5) is 14.6. The predicted molar refractivity (Wildman–Crippen MR) is 109 cm³/mol. The van der Waals surface area contributed by atoms with Gasteiger partial charge in [-0.3, -0.25) is 9.69 Å². The predicted octanol–water partition coefficient (Wildman–Crippen LogP) is 4.50. The van der Waals surface area contributed by atoms with E-state index >= 15 is 0 Å². The first kappa shape index (κ1) is 18.5. The zero-order valence-electron chi connectivity index (χ0n) is 14.6. The first-order valence-electron chi connectivity index (χ1n) is 8.22. The lowest BCUT2D eigenvalue weighted by Gasteiger charge is -2.11. The molecule has 1 saturated heterocycles. The Labute approximate surface area is 162 Å². The number of benzene rings is 2. The highest BCUT2D eigenvalue weighted by atomic mass is 32.2. The molecule has 2 aromatic carbocycles. The van der Waals surface area contributed by atoms with Crippen LogP contribution in [0.4, 0.5) is 0 Å². The highest BCUT2D eigenvalue weighted by Crippen LogP contribution is 2.33. The van der Waals surface area contributed by atoms with Crippen LogP contribution in [0.15, 0.2) is 53.4 Å². The van der Waals surface area contributed by atoms with Crippen LogP contribution in [0.3, 0.4) is 0 Å². The van der Waals surface area contributed by atoms with Crippen molar-refractivity contribution in [2.24, 2.45) is 0 Å². The molecule has 0 spiro atoms. The molecule has 3 rings (SSSR count). The second-order valence-corrected chi connectivity index (χ2v) is 7.27. The highest BCUT2D eigenvalue weighted by Gasteiger charge is 2.30. The van der Waals surface area contributed by atoms with Gasteiger partial charge in [0.25, 0.3) is 5.91 Å². The molecule has 0 unspecified atom stereocenters. The number of hydrogen-bond acceptors (Lipinski definition) is 5. The number of carbonyl (C=O) groups is 1. The average molecular weight is 386 g/mol. The Morgan fingerprint density at radius 1 is 1.19 bits per heavy atom. The number of amides is 1. The van der Waals surface area contributed by atoms with E-state index in [9.17, 15) is 4.79 Å². The number of nitrogens with zero attached hydrogens (tertiary/aromatic N) is 1.